The summed E-state index contributed by atoms with van der Waals surface area (Å²) in [6, 6.07) is 0. The maximum atomic E-state index is 5.51. The Morgan fingerprint density at radius 2 is 1.81 bits per heavy atom. The molecular formula is C19H35NO. The summed E-state index contributed by atoms with van der Waals surface area (Å²) in [5, 5.41) is 0. The van der Waals surface area contributed by atoms with Crippen molar-refractivity contribution in [2.24, 2.45) is 16.7 Å². The summed E-state index contributed by atoms with van der Waals surface area (Å²) >= 11 is 0. The van der Waals surface area contributed by atoms with Gasteiger partial charge in [-0.3, -0.25) is 4.90 Å². The lowest BCUT2D eigenvalue weighted by atomic mass is 9.72. The number of hydrogen-bond donors (Lipinski definition) is 0. The zero-order valence-electron chi connectivity index (χ0n) is 14.9. The minimum atomic E-state index is 0.355. The normalized spacial score (nSPS) is 23.2. The average Bonchev–Trinajstić information content (AvgIpc) is 2.46. The van der Waals surface area contributed by atoms with Crippen molar-refractivity contribution in [3.63, 3.8) is 0 Å². The van der Waals surface area contributed by atoms with E-state index in [0.29, 0.717) is 10.8 Å². The molecule has 122 valence electrons. The largest absolute Gasteiger partial charge is 0.381 e. The first-order valence-electron chi connectivity index (χ1n) is 8.79. The molecule has 0 aromatic rings. The van der Waals surface area contributed by atoms with Gasteiger partial charge in [0.05, 0.1) is 0 Å². The van der Waals surface area contributed by atoms with Crippen LogP contribution in [0.2, 0.25) is 0 Å². The quantitative estimate of drug-likeness (QED) is 0.707. The van der Waals surface area contributed by atoms with Crippen LogP contribution in [0.25, 0.3) is 0 Å². The van der Waals surface area contributed by atoms with Crippen molar-refractivity contribution in [1.29, 1.82) is 0 Å². The lowest BCUT2D eigenvalue weighted by Crippen LogP contribution is -2.37. The number of rotatable bonds is 4. The zero-order chi connectivity index (χ0) is 15.5. The van der Waals surface area contributed by atoms with Gasteiger partial charge in [0.15, 0.2) is 0 Å². The zero-order valence-corrected chi connectivity index (χ0v) is 14.9. The Labute approximate surface area is 131 Å². The lowest BCUT2D eigenvalue weighted by Gasteiger charge is -2.39. The van der Waals surface area contributed by atoms with Gasteiger partial charge < -0.3 is 4.74 Å². The standard InChI is InChI=1S/C19H35NO/c1-18(2,3)16-6-11-20(12-7-16)13-10-19(4,5)17-8-14-21-15-9-17/h6,17H,7-15H2,1-5H3. The van der Waals surface area contributed by atoms with Crippen LogP contribution >= 0.6 is 0 Å². The van der Waals surface area contributed by atoms with Crippen LogP contribution in [0.1, 0.15) is 60.3 Å². The van der Waals surface area contributed by atoms with E-state index in [4.69, 9.17) is 4.74 Å². The molecule has 0 unspecified atom stereocenters. The number of hydrogen-bond acceptors (Lipinski definition) is 2. The molecule has 2 heteroatoms. The SMILES string of the molecule is CC(C)(C)C1=CCN(CCC(C)(C)C2CCOCC2)CC1. The molecule has 0 spiro atoms. The van der Waals surface area contributed by atoms with Gasteiger partial charge in [0.2, 0.25) is 0 Å². The van der Waals surface area contributed by atoms with Crippen molar-refractivity contribution in [1.82, 2.24) is 4.90 Å². The molecule has 2 nitrogen and oxygen atoms in total. The molecule has 1 fully saturated rings. The third kappa shape index (κ3) is 4.82. The van der Waals surface area contributed by atoms with Crippen LogP contribution < -0.4 is 0 Å². The van der Waals surface area contributed by atoms with Crippen molar-refractivity contribution in [2.45, 2.75) is 60.3 Å². The first kappa shape index (κ1) is 17.0. The third-order valence-corrected chi connectivity index (χ3v) is 5.66. The molecule has 0 aliphatic carbocycles. The fraction of sp³-hybridized carbons (Fsp3) is 0.895. The highest BCUT2D eigenvalue weighted by molar-refractivity contribution is 5.14. The second-order valence-corrected chi connectivity index (χ2v) is 8.66. The summed E-state index contributed by atoms with van der Waals surface area (Å²) < 4.78 is 5.51. The van der Waals surface area contributed by atoms with E-state index in [1.54, 1.807) is 5.57 Å². The van der Waals surface area contributed by atoms with Gasteiger partial charge >= 0.3 is 0 Å². The van der Waals surface area contributed by atoms with E-state index >= 15 is 0 Å². The molecule has 1 saturated heterocycles. The highest BCUT2D eigenvalue weighted by Crippen LogP contribution is 2.38. The highest BCUT2D eigenvalue weighted by Gasteiger charge is 2.31. The topological polar surface area (TPSA) is 12.5 Å². The van der Waals surface area contributed by atoms with Gasteiger partial charge in [0.1, 0.15) is 0 Å². The van der Waals surface area contributed by atoms with Gasteiger partial charge in [0, 0.05) is 26.3 Å². The van der Waals surface area contributed by atoms with Crippen LogP contribution in [0.4, 0.5) is 0 Å². The minimum Gasteiger partial charge on any atom is -0.381 e. The molecule has 0 bridgehead atoms. The van der Waals surface area contributed by atoms with Gasteiger partial charge in [-0.2, -0.15) is 0 Å². The van der Waals surface area contributed by atoms with Crippen LogP contribution in [-0.2, 0) is 4.74 Å². The number of nitrogens with zero attached hydrogens (tertiary/aromatic N) is 1. The molecule has 0 aromatic carbocycles. The van der Waals surface area contributed by atoms with E-state index in [1.807, 2.05) is 0 Å². The summed E-state index contributed by atoms with van der Waals surface area (Å²) in [6.07, 6.45) is 7.55. The van der Waals surface area contributed by atoms with E-state index in [9.17, 15) is 0 Å². The first-order chi connectivity index (χ1) is 9.79. The van der Waals surface area contributed by atoms with E-state index in [2.05, 4.69) is 45.6 Å². The minimum absolute atomic E-state index is 0.355. The molecule has 0 aromatic heterocycles. The smallest absolute Gasteiger partial charge is 0.0468 e. The molecule has 0 saturated carbocycles. The van der Waals surface area contributed by atoms with Crippen LogP contribution in [0.5, 0.6) is 0 Å². The van der Waals surface area contributed by atoms with Gasteiger partial charge in [-0.05, 0) is 49.0 Å². The second kappa shape index (κ2) is 6.83. The summed E-state index contributed by atoms with van der Waals surface area (Å²) in [5.41, 5.74) is 2.45. The fourth-order valence-electron chi connectivity index (χ4n) is 3.72. The van der Waals surface area contributed by atoms with Crippen molar-refractivity contribution < 1.29 is 4.74 Å². The number of ether oxygens (including phenoxy) is 1. The van der Waals surface area contributed by atoms with Crippen LogP contribution in [0.15, 0.2) is 11.6 Å². The molecule has 0 N–H and O–H groups in total. The summed E-state index contributed by atoms with van der Waals surface area (Å²) in [5.74, 6) is 0.844. The third-order valence-electron chi connectivity index (χ3n) is 5.66. The molecule has 0 radical (unpaired) electrons. The fourth-order valence-corrected chi connectivity index (χ4v) is 3.72. The van der Waals surface area contributed by atoms with Crippen molar-refractivity contribution in [2.75, 3.05) is 32.8 Å². The Morgan fingerprint density at radius 3 is 2.33 bits per heavy atom. The van der Waals surface area contributed by atoms with Crippen molar-refractivity contribution >= 4 is 0 Å². The van der Waals surface area contributed by atoms with Crippen molar-refractivity contribution in [3.8, 4) is 0 Å². The van der Waals surface area contributed by atoms with Crippen LogP contribution in [0, 0.1) is 16.7 Å². The van der Waals surface area contributed by atoms with Crippen LogP contribution in [-0.4, -0.2) is 37.7 Å². The predicted molar refractivity (Wildman–Crippen MR) is 90.5 cm³/mol. The Kier molecular flexibility index (Phi) is 5.54. The van der Waals surface area contributed by atoms with Crippen molar-refractivity contribution in [3.05, 3.63) is 11.6 Å². The molecule has 2 aliphatic heterocycles. The van der Waals surface area contributed by atoms with Gasteiger partial charge in [0.25, 0.3) is 0 Å². The Bertz CT molecular complexity index is 358. The summed E-state index contributed by atoms with van der Waals surface area (Å²) in [7, 11) is 0. The molecule has 21 heavy (non-hydrogen) atoms. The summed E-state index contributed by atoms with van der Waals surface area (Å²) in [4.78, 5) is 2.64. The maximum absolute atomic E-state index is 5.51. The van der Waals surface area contributed by atoms with Gasteiger partial charge in [-0.25, -0.2) is 0 Å². The van der Waals surface area contributed by atoms with E-state index in [-0.39, 0.29) is 0 Å². The molecule has 0 atom stereocenters. The lowest BCUT2D eigenvalue weighted by molar-refractivity contribution is 0.0163. The molecule has 2 heterocycles. The maximum Gasteiger partial charge on any atom is 0.0468 e. The molecular weight excluding hydrogens is 258 g/mol. The van der Waals surface area contributed by atoms with E-state index in [0.717, 1.165) is 25.7 Å². The Balaban J connectivity index is 1.80. The van der Waals surface area contributed by atoms with E-state index in [1.165, 1.54) is 38.8 Å². The molecule has 0 amide bonds. The molecule has 2 aliphatic rings. The molecule has 2 rings (SSSR count). The highest BCUT2D eigenvalue weighted by atomic mass is 16.5. The van der Waals surface area contributed by atoms with E-state index < -0.39 is 0 Å². The summed E-state index contributed by atoms with van der Waals surface area (Å²) in [6.45, 7) is 17.5. The average molecular weight is 293 g/mol. The van der Waals surface area contributed by atoms with Gasteiger partial charge in [-0.15, -0.1) is 0 Å². The Morgan fingerprint density at radius 1 is 1.14 bits per heavy atom. The van der Waals surface area contributed by atoms with Gasteiger partial charge in [-0.1, -0.05) is 46.3 Å². The first-order valence-corrected chi connectivity index (χ1v) is 8.79. The van der Waals surface area contributed by atoms with Crippen LogP contribution in [0.3, 0.4) is 0 Å². The Hall–Kier alpha value is -0.340. The monoisotopic (exact) mass is 293 g/mol. The predicted octanol–water partition coefficient (Wildman–Crippen LogP) is 4.51. The second-order valence-electron chi connectivity index (χ2n) is 8.66.